The van der Waals surface area contributed by atoms with E-state index in [9.17, 15) is 0 Å². The van der Waals surface area contributed by atoms with E-state index in [1.165, 1.54) is 6.07 Å². The van der Waals surface area contributed by atoms with Gasteiger partial charge in [0.05, 0.1) is 13.7 Å². The zero-order valence-corrected chi connectivity index (χ0v) is 26.0. The van der Waals surface area contributed by atoms with E-state index < -0.39 is 60.4 Å². The van der Waals surface area contributed by atoms with Gasteiger partial charge in [0.15, 0.2) is 17.5 Å². The molecule has 0 saturated heterocycles. The van der Waals surface area contributed by atoms with E-state index in [2.05, 4.69) is 0 Å². The van der Waals surface area contributed by atoms with Gasteiger partial charge in [0, 0.05) is 43.8 Å². The van der Waals surface area contributed by atoms with Crippen molar-refractivity contribution in [1.29, 1.82) is 0 Å². The summed E-state index contributed by atoms with van der Waals surface area (Å²) in [6.45, 7) is 0. The molecule has 50 heavy (non-hydrogen) atoms. The predicted octanol–water partition coefficient (Wildman–Crippen LogP) is 12.0. The van der Waals surface area contributed by atoms with Crippen molar-refractivity contribution in [2.75, 3.05) is 0 Å². The molecule has 0 aliphatic carbocycles. The van der Waals surface area contributed by atoms with Gasteiger partial charge < -0.3 is 8.83 Å². The average Bonchev–Trinajstić information content (AvgIpc) is 3.85. The average molecular weight is 652 g/mol. The lowest BCUT2D eigenvalue weighted by molar-refractivity contribution is 0.669. The number of hydrogen-bond acceptors (Lipinski definition) is 5. The molecule has 10 aromatic rings. The van der Waals surface area contributed by atoms with Crippen LogP contribution in [0.25, 0.3) is 100 Å². The van der Waals surface area contributed by atoms with Crippen LogP contribution >= 0.6 is 0 Å². The largest absolute Gasteiger partial charge is 0.456 e. The molecule has 0 spiro atoms. The van der Waals surface area contributed by atoms with Gasteiger partial charge >= 0.3 is 0 Å². The number of para-hydroxylation sites is 1. The van der Waals surface area contributed by atoms with Crippen molar-refractivity contribution in [2.24, 2.45) is 0 Å². The smallest absolute Gasteiger partial charge is 0.164 e. The minimum absolute atomic E-state index is 0.0638. The predicted molar refractivity (Wildman–Crippen MR) is 202 cm³/mol. The summed E-state index contributed by atoms with van der Waals surface area (Å²) in [7, 11) is 0. The molecule has 0 aliphatic heterocycles. The highest BCUT2D eigenvalue weighted by atomic mass is 16.3. The highest BCUT2D eigenvalue weighted by molar-refractivity contribution is 6.16. The molecule has 0 atom stereocenters. The Kier molecular flexibility index (Phi) is 4.52. The molecule has 0 N–H and O–H groups in total. The van der Waals surface area contributed by atoms with Gasteiger partial charge in [-0.3, -0.25) is 0 Å². The monoisotopic (exact) mass is 651 g/mol. The fourth-order valence-electron chi connectivity index (χ4n) is 6.43. The molecule has 5 nitrogen and oxygen atoms in total. The Hall–Kier alpha value is -6.85. The zero-order chi connectivity index (χ0) is 41.7. The molecular formula is C45H27N3O2. The van der Waals surface area contributed by atoms with Crippen molar-refractivity contribution in [2.45, 2.75) is 0 Å². The Morgan fingerprint density at radius 3 is 1.90 bits per heavy atom. The molecule has 5 heteroatoms. The lowest BCUT2D eigenvalue weighted by atomic mass is 9.95. The maximum absolute atomic E-state index is 8.90. The van der Waals surface area contributed by atoms with Crippen molar-refractivity contribution in [3.8, 4) is 56.4 Å². The lowest BCUT2D eigenvalue weighted by Gasteiger charge is -2.10. The third-order valence-corrected chi connectivity index (χ3v) is 8.70. The van der Waals surface area contributed by atoms with E-state index in [1.807, 2.05) is 72.8 Å². The molecule has 0 unspecified atom stereocenters. The third kappa shape index (κ3) is 4.67. The van der Waals surface area contributed by atoms with Gasteiger partial charge in [-0.1, -0.05) is 127 Å². The summed E-state index contributed by atoms with van der Waals surface area (Å²) >= 11 is 0. The van der Waals surface area contributed by atoms with Crippen LogP contribution in [0, 0.1) is 0 Å². The molecule has 234 valence electrons. The first-order valence-corrected chi connectivity index (χ1v) is 15.8. The van der Waals surface area contributed by atoms with Gasteiger partial charge in [-0.15, -0.1) is 0 Å². The Bertz CT molecular complexity index is 3400. The second-order valence-electron chi connectivity index (χ2n) is 11.7. The SMILES string of the molecule is [2H]c1c([2H])c([2H])c(-c2cc(-c3c([2H])c([2H])c([2H])c([2H])c3[2H])c3oc4cccc(-c5nc(-c6ccccc6)nc(-c6ccc7c(c6)oc6ccccc67)n5)c4c3c2)c([2H])c1[2H]. The molecule has 10 rings (SSSR count). The number of furan rings is 2. The van der Waals surface area contributed by atoms with Crippen molar-refractivity contribution in [3.05, 3.63) is 164 Å². The molecule has 0 bridgehead atoms. The van der Waals surface area contributed by atoms with Crippen LogP contribution in [0.2, 0.25) is 0 Å². The van der Waals surface area contributed by atoms with Crippen LogP contribution in [0.4, 0.5) is 0 Å². The fourth-order valence-corrected chi connectivity index (χ4v) is 6.43. The molecule has 7 aromatic carbocycles. The number of benzene rings is 7. The lowest BCUT2D eigenvalue weighted by Crippen LogP contribution is -2.00. The van der Waals surface area contributed by atoms with E-state index in [0.717, 1.165) is 21.9 Å². The molecular weight excluding hydrogens is 615 g/mol. The van der Waals surface area contributed by atoms with Crippen LogP contribution in [0.15, 0.2) is 172 Å². The van der Waals surface area contributed by atoms with Gasteiger partial charge in [-0.25, -0.2) is 15.0 Å². The number of hydrogen-bond donors (Lipinski definition) is 0. The van der Waals surface area contributed by atoms with Crippen molar-refractivity contribution >= 4 is 43.9 Å². The molecule has 0 amide bonds. The topological polar surface area (TPSA) is 65.0 Å². The van der Waals surface area contributed by atoms with Crippen molar-refractivity contribution in [3.63, 3.8) is 0 Å². The summed E-state index contributed by atoms with van der Waals surface area (Å²) in [6, 6.07) is 25.9. The van der Waals surface area contributed by atoms with E-state index in [1.54, 1.807) is 24.3 Å². The van der Waals surface area contributed by atoms with Crippen LogP contribution in [0.5, 0.6) is 0 Å². The number of fused-ring (bicyclic) bond motifs is 6. The molecule has 0 radical (unpaired) electrons. The molecule has 3 heterocycles. The van der Waals surface area contributed by atoms with Gasteiger partial charge in [-0.2, -0.15) is 0 Å². The summed E-state index contributed by atoms with van der Waals surface area (Å²) in [4.78, 5) is 14.9. The summed E-state index contributed by atoms with van der Waals surface area (Å²) in [6.07, 6.45) is 0. The Morgan fingerprint density at radius 1 is 0.400 bits per heavy atom. The maximum atomic E-state index is 8.90. The molecule has 0 aliphatic rings. The van der Waals surface area contributed by atoms with Gasteiger partial charge in [0.25, 0.3) is 0 Å². The zero-order valence-electron chi connectivity index (χ0n) is 36.0. The summed E-state index contributed by atoms with van der Waals surface area (Å²) in [5, 5.41) is 2.74. The highest BCUT2D eigenvalue weighted by Crippen LogP contribution is 2.43. The summed E-state index contributed by atoms with van der Waals surface area (Å²) < 4.78 is 98.5. The number of aromatic nitrogens is 3. The van der Waals surface area contributed by atoms with E-state index in [-0.39, 0.29) is 33.7 Å². The minimum Gasteiger partial charge on any atom is -0.456 e. The first-order chi connectivity index (χ1) is 28.9. The Balaban J connectivity index is 1.29. The second kappa shape index (κ2) is 11.4. The van der Waals surface area contributed by atoms with Crippen LogP contribution < -0.4 is 0 Å². The van der Waals surface area contributed by atoms with E-state index in [4.69, 9.17) is 37.5 Å². The maximum Gasteiger partial charge on any atom is 0.164 e. The van der Waals surface area contributed by atoms with Crippen LogP contribution in [0.3, 0.4) is 0 Å². The standard InChI is InChI=1S/C45H27N3O2/c1-4-13-28(14-5-1)32-25-36(29-15-6-2-7-16-29)42-37(26-32)41-35(20-12-22-39(41)50-42)45-47-43(30-17-8-3-9-18-30)46-44(48-45)31-23-24-34-33-19-10-11-21-38(33)49-40(34)27-31/h1-27H/i1D,2D,4D,5D,6D,7D,13D,14D,15D,16D. The Morgan fingerprint density at radius 2 is 1.08 bits per heavy atom. The highest BCUT2D eigenvalue weighted by Gasteiger charge is 2.21. The van der Waals surface area contributed by atoms with Crippen molar-refractivity contribution in [1.82, 2.24) is 15.0 Å². The molecule has 3 aromatic heterocycles. The molecule has 0 fully saturated rings. The quantitative estimate of drug-likeness (QED) is 0.185. The van der Waals surface area contributed by atoms with Crippen LogP contribution in [0.1, 0.15) is 13.7 Å². The molecule has 0 saturated carbocycles. The summed E-state index contributed by atoms with van der Waals surface area (Å²) in [5.41, 5.74) is 3.63. The normalized spacial score (nSPS) is 14.4. The first kappa shape index (κ1) is 19.8. The Labute approximate surface area is 301 Å². The van der Waals surface area contributed by atoms with E-state index >= 15 is 0 Å². The van der Waals surface area contributed by atoms with Gasteiger partial charge in [0.1, 0.15) is 22.3 Å². The van der Waals surface area contributed by atoms with Crippen molar-refractivity contribution < 1.29 is 22.5 Å². The summed E-state index contributed by atoms with van der Waals surface area (Å²) in [5.74, 6) is 0.991. The first-order valence-electron chi connectivity index (χ1n) is 20.8. The fraction of sp³-hybridized carbons (Fsp3) is 0. The number of nitrogens with zero attached hydrogens (tertiary/aromatic N) is 3. The minimum atomic E-state index is -0.585. The van der Waals surface area contributed by atoms with Gasteiger partial charge in [0.2, 0.25) is 0 Å². The third-order valence-electron chi connectivity index (χ3n) is 8.70. The van der Waals surface area contributed by atoms with E-state index in [0.29, 0.717) is 44.7 Å². The number of rotatable bonds is 5. The van der Waals surface area contributed by atoms with Gasteiger partial charge in [-0.05, 0) is 53.1 Å². The van der Waals surface area contributed by atoms with Crippen LogP contribution in [-0.2, 0) is 0 Å². The van der Waals surface area contributed by atoms with Crippen LogP contribution in [-0.4, -0.2) is 15.0 Å². The second-order valence-corrected chi connectivity index (χ2v) is 11.7.